The fourth-order valence-electron chi connectivity index (χ4n) is 1.37. The van der Waals surface area contributed by atoms with Crippen LogP contribution in [0.25, 0.3) is 10.6 Å². The predicted octanol–water partition coefficient (Wildman–Crippen LogP) is 2.95. The van der Waals surface area contributed by atoms with Crippen LogP contribution in [-0.4, -0.2) is 16.7 Å². The van der Waals surface area contributed by atoms with Gasteiger partial charge in [-0.3, -0.25) is 0 Å². The van der Waals surface area contributed by atoms with E-state index in [1.807, 2.05) is 25.3 Å². The third kappa shape index (κ3) is 2.15. The minimum Gasteiger partial charge on any atom is -0.369 e. The number of nitrogens with one attached hydrogen (secondary N) is 1. The summed E-state index contributed by atoms with van der Waals surface area (Å²) in [5, 5.41) is 13.6. The van der Waals surface area contributed by atoms with Gasteiger partial charge in [0.2, 0.25) is 0 Å². The molecule has 2 aromatic heterocycles. The van der Waals surface area contributed by atoms with Crippen LogP contribution in [0.2, 0.25) is 0 Å². The van der Waals surface area contributed by atoms with E-state index in [0.717, 1.165) is 28.5 Å². The van der Waals surface area contributed by atoms with Gasteiger partial charge in [-0.2, -0.15) is 0 Å². The van der Waals surface area contributed by atoms with E-state index in [-0.39, 0.29) is 0 Å². The van der Waals surface area contributed by atoms with Gasteiger partial charge >= 0.3 is 0 Å². The molecule has 3 nitrogen and oxygen atoms in total. The molecule has 1 N–H and O–H groups in total. The molecule has 0 bridgehead atoms. The van der Waals surface area contributed by atoms with E-state index in [2.05, 4.69) is 27.6 Å². The quantitative estimate of drug-likeness (QED) is 0.862. The summed E-state index contributed by atoms with van der Waals surface area (Å²) in [5.41, 5.74) is 2.08. The highest BCUT2D eigenvalue weighted by Gasteiger charge is 2.04. The number of aromatic nitrogens is 2. The minimum absolute atomic E-state index is 0.869. The van der Waals surface area contributed by atoms with Crippen LogP contribution >= 0.6 is 11.3 Å². The van der Waals surface area contributed by atoms with Gasteiger partial charge in [0.25, 0.3) is 0 Å². The Morgan fingerprint density at radius 3 is 2.87 bits per heavy atom. The van der Waals surface area contributed by atoms with Crippen molar-refractivity contribution < 1.29 is 0 Å². The van der Waals surface area contributed by atoms with Crippen molar-refractivity contribution in [1.82, 2.24) is 10.2 Å². The lowest BCUT2D eigenvalue weighted by molar-refractivity contribution is 1.00. The maximum atomic E-state index is 4.20. The normalized spacial score (nSPS) is 10.3. The van der Waals surface area contributed by atoms with Crippen LogP contribution in [0, 0.1) is 6.92 Å². The monoisotopic (exact) mass is 219 g/mol. The Balaban J connectivity index is 2.33. The maximum absolute atomic E-state index is 4.20. The molecule has 0 saturated carbocycles. The first-order valence-electron chi connectivity index (χ1n) is 4.93. The van der Waals surface area contributed by atoms with E-state index in [9.17, 15) is 0 Å². The molecule has 4 heteroatoms. The third-order valence-electron chi connectivity index (χ3n) is 2.10. The standard InChI is InChI=1S/C11H13N3S/c1-3-12-11-8(2)7-9(13-14-11)10-5-4-6-15-10/h4-7H,3H2,1-2H3,(H,12,14). The van der Waals surface area contributed by atoms with Crippen LogP contribution < -0.4 is 5.32 Å². The van der Waals surface area contributed by atoms with Crippen LogP contribution in [0.1, 0.15) is 12.5 Å². The Hall–Kier alpha value is -1.42. The van der Waals surface area contributed by atoms with Crippen molar-refractivity contribution in [3.8, 4) is 10.6 Å². The molecule has 0 unspecified atom stereocenters. The Labute approximate surface area is 93.2 Å². The minimum atomic E-state index is 0.869. The zero-order valence-corrected chi connectivity index (χ0v) is 9.64. The molecule has 78 valence electrons. The average molecular weight is 219 g/mol. The SMILES string of the molecule is CCNc1nnc(-c2cccs2)cc1C. The smallest absolute Gasteiger partial charge is 0.151 e. The average Bonchev–Trinajstić information content (AvgIpc) is 2.74. The summed E-state index contributed by atoms with van der Waals surface area (Å²) >= 11 is 1.68. The van der Waals surface area contributed by atoms with Gasteiger partial charge in [0.15, 0.2) is 5.82 Å². The highest BCUT2D eigenvalue weighted by molar-refractivity contribution is 7.13. The van der Waals surface area contributed by atoms with Crippen molar-refractivity contribution >= 4 is 17.2 Å². The largest absolute Gasteiger partial charge is 0.369 e. The molecular weight excluding hydrogens is 206 g/mol. The van der Waals surface area contributed by atoms with E-state index in [1.54, 1.807) is 11.3 Å². The first-order chi connectivity index (χ1) is 7.31. The van der Waals surface area contributed by atoms with Crippen molar-refractivity contribution in [3.63, 3.8) is 0 Å². The van der Waals surface area contributed by atoms with Crippen molar-refractivity contribution in [2.24, 2.45) is 0 Å². The molecule has 0 aliphatic rings. The summed E-state index contributed by atoms with van der Waals surface area (Å²) in [4.78, 5) is 1.16. The van der Waals surface area contributed by atoms with E-state index in [0.29, 0.717) is 0 Å². The van der Waals surface area contributed by atoms with Gasteiger partial charge < -0.3 is 5.32 Å². The van der Waals surface area contributed by atoms with Gasteiger partial charge in [-0.15, -0.1) is 21.5 Å². The highest BCUT2D eigenvalue weighted by Crippen LogP contribution is 2.24. The lowest BCUT2D eigenvalue weighted by Crippen LogP contribution is -2.03. The summed E-state index contributed by atoms with van der Waals surface area (Å²) in [6, 6.07) is 6.15. The number of anilines is 1. The zero-order chi connectivity index (χ0) is 10.7. The summed E-state index contributed by atoms with van der Waals surface area (Å²) in [6.07, 6.45) is 0. The molecule has 2 heterocycles. The van der Waals surface area contributed by atoms with Crippen LogP contribution in [0.5, 0.6) is 0 Å². The second kappa shape index (κ2) is 4.40. The van der Waals surface area contributed by atoms with Crippen LogP contribution in [0.15, 0.2) is 23.6 Å². The molecule has 0 aliphatic heterocycles. The molecule has 0 amide bonds. The van der Waals surface area contributed by atoms with Crippen LogP contribution in [0.4, 0.5) is 5.82 Å². The van der Waals surface area contributed by atoms with E-state index in [1.165, 1.54) is 0 Å². The lowest BCUT2D eigenvalue weighted by atomic mass is 10.2. The number of nitrogens with zero attached hydrogens (tertiary/aromatic N) is 2. The molecule has 2 rings (SSSR count). The van der Waals surface area contributed by atoms with Crippen LogP contribution in [-0.2, 0) is 0 Å². The Kier molecular flexibility index (Phi) is 2.97. The Morgan fingerprint density at radius 2 is 2.27 bits per heavy atom. The predicted molar refractivity (Wildman–Crippen MR) is 64.2 cm³/mol. The Morgan fingerprint density at radius 1 is 1.40 bits per heavy atom. The number of hydrogen-bond donors (Lipinski definition) is 1. The van der Waals surface area contributed by atoms with Crippen molar-refractivity contribution in [2.45, 2.75) is 13.8 Å². The van der Waals surface area contributed by atoms with Gasteiger partial charge in [0.1, 0.15) is 5.69 Å². The number of hydrogen-bond acceptors (Lipinski definition) is 4. The fraction of sp³-hybridized carbons (Fsp3) is 0.273. The van der Waals surface area contributed by atoms with Gasteiger partial charge in [-0.05, 0) is 36.9 Å². The molecule has 2 aromatic rings. The molecule has 0 aliphatic carbocycles. The van der Waals surface area contributed by atoms with Crippen LogP contribution in [0.3, 0.4) is 0 Å². The number of aryl methyl sites for hydroxylation is 1. The molecule has 0 saturated heterocycles. The summed E-state index contributed by atoms with van der Waals surface area (Å²) in [5.74, 6) is 0.873. The molecule has 0 spiro atoms. The lowest BCUT2D eigenvalue weighted by Gasteiger charge is -2.05. The first-order valence-corrected chi connectivity index (χ1v) is 5.81. The van der Waals surface area contributed by atoms with Crippen molar-refractivity contribution in [1.29, 1.82) is 0 Å². The molecule has 0 aromatic carbocycles. The second-order valence-corrected chi connectivity index (χ2v) is 4.22. The van der Waals surface area contributed by atoms with Gasteiger partial charge in [-0.25, -0.2) is 0 Å². The molecular formula is C11H13N3S. The molecule has 0 fully saturated rings. The van der Waals surface area contributed by atoms with E-state index in [4.69, 9.17) is 0 Å². The second-order valence-electron chi connectivity index (χ2n) is 3.27. The topological polar surface area (TPSA) is 37.8 Å². The molecule has 0 radical (unpaired) electrons. The van der Waals surface area contributed by atoms with E-state index >= 15 is 0 Å². The summed E-state index contributed by atoms with van der Waals surface area (Å²) in [7, 11) is 0. The molecule has 0 atom stereocenters. The molecule has 15 heavy (non-hydrogen) atoms. The first kappa shape index (κ1) is 10.1. The van der Waals surface area contributed by atoms with Crippen molar-refractivity contribution in [3.05, 3.63) is 29.1 Å². The highest BCUT2D eigenvalue weighted by atomic mass is 32.1. The summed E-state index contributed by atoms with van der Waals surface area (Å²) < 4.78 is 0. The van der Waals surface area contributed by atoms with Gasteiger partial charge in [0.05, 0.1) is 4.88 Å². The number of rotatable bonds is 3. The Bertz CT molecular complexity index is 437. The summed E-state index contributed by atoms with van der Waals surface area (Å²) in [6.45, 7) is 4.96. The fourth-order valence-corrected chi connectivity index (χ4v) is 2.05. The van der Waals surface area contributed by atoms with Gasteiger partial charge in [-0.1, -0.05) is 6.07 Å². The van der Waals surface area contributed by atoms with Crippen molar-refractivity contribution in [2.75, 3.05) is 11.9 Å². The third-order valence-corrected chi connectivity index (χ3v) is 2.99. The zero-order valence-electron chi connectivity index (χ0n) is 8.82. The number of thiophene rings is 1. The van der Waals surface area contributed by atoms with E-state index < -0.39 is 0 Å². The maximum Gasteiger partial charge on any atom is 0.151 e. The van der Waals surface area contributed by atoms with Gasteiger partial charge in [0, 0.05) is 6.54 Å².